The minimum absolute atomic E-state index is 0.0591. The maximum atomic E-state index is 13.0. The van der Waals surface area contributed by atoms with Gasteiger partial charge in [0, 0.05) is 5.56 Å². The van der Waals surface area contributed by atoms with Gasteiger partial charge in [0.25, 0.3) is 11.8 Å². The van der Waals surface area contributed by atoms with Crippen LogP contribution >= 0.6 is 0 Å². The van der Waals surface area contributed by atoms with Gasteiger partial charge in [0.05, 0.1) is 19.9 Å². The molecule has 2 N–H and O–H groups in total. The predicted molar refractivity (Wildman–Crippen MR) is 150 cm³/mol. The van der Waals surface area contributed by atoms with E-state index in [1.54, 1.807) is 43.7 Å². The number of fused-ring (bicyclic) bond motifs is 1. The first kappa shape index (κ1) is 26.2. The second-order valence-electron chi connectivity index (χ2n) is 8.47. The number of hydrogen-bond acceptors (Lipinski definition) is 5. The Balaban J connectivity index is 1.51. The number of amides is 2. The van der Waals surface area contributed by atoms with Gasteiger partial charge >= 0.3 is 0 Å². The molecule has 7 nitrogen and oxygen atoms in total. The Morgan fingerprint density at radius 1 is 0.842 bits per heavy atom. The number of carbonyl (C=O) groups is 2. The maximum absolute atomic E-state index is 13.0. The highest BCUT2D eigenvalue weighted by atomic mass is 16.5. The monoisotopic (exact) mass is 507 g/mol. The zero-order valence-electron chi connectivity index (χ0n) is 21.3. The smallest absolute Gasteiger partial charge is 0.287 e. The van der Waals surface area contributed by atoms with Gasteiger partial charge in [-0.25, -0.2) is 5.43 Å². The van der Waals surface area contributed by atoms with E-state index in [0.717, 1.165) is 39.8 Å². The van der Waals surface area contributed by atoms with Crippen molar-refractivity contribution >= 4 is 34.9 Å². The Morgan fingerprint density at radius 3 is 2.26 bits per heavy atom. The molecule has 0 aromatic heterocycles. The summed E-state index contributed by atoms with van der Waals surface area (Å²) in [5, 5.41) is 8.87. The Bertz CT molecular complexity index is 1460. The number of nitrogens with one attached hydrogen (secondary N) is 2. The lowest BCUT2D eigenvalue weighted by Crippen LogP contribution is -2.32. The minimum Gasteiger partial charge on any atom is -0.497 e. The number of carbonyl (C=O) groups excluding carboxylic acids is 2. The van der Waals surface area contributed by atoms with Gasteiger partial charge in [0.1, 0.15) is 17.2 Å². The van der Waals surface area contributed by atoms with E-state index in [2.05, 4.69) is 15.8 Å². The van der Waals surface area contributed by atoms with E-state index in [-0.39, 0.29) is 5.70 Å². The summed E-state index contributed by atoms with van der Waals surface area (Å²) < 4.78 is 10.9. The second-order valence-corrected chi connectivity index (χ2v) is 8.47. The Labute approximate surface area is 221 Å². The molecule has 0 spiro atoms. The third-order valence-electron chi connectivity index (χ3n) is 5.64. The van der Waals surface area contributed by atoms with Crippen LogP contribution in [0.1, 0.15) is 34.8 Å². The van der Waals surface area contributed by atoms with E-state index < -0.39 is 11.8 Å². The molecule has 0 fully saturated rings. The quantitative estimate of drug-likeness (QED) is 0.167. The van der Waals surface area contributed by atoms with Crippen LogP contribution in [0.5, 0.6) is 11.5 Å². The molecule has 0 radical (unpaired) electrons. The number of ether oxygens (including phenoxy) is 2. The fourth-order valence-corrected chi connectivity index (χ4v) is 3.66. The number of benzene rings is 4. The first-order valence-electron chi connectivity index (χ1n) is 12.3. The summed E-state index contributed by atoms with van der Waals surface area (Å²) in [6, 6.07) is 27.6. The summed E-state index contributed by atoms with van der Waals surface area (Å²) in [7, 11) is 1.63. The Kier molecular flexibility index (Phi) is 8.86. The summed E-state index contributed by atoms with van der Waals surface area (Å²) in [5.74, 6) is 0.569. The van der Waals surface area contributed by atoms with E-state index in [1.807, 2.05) is 73.7 Å². The highest BCUT2D eigenvalue weighted by Gasteiger charge is 2.14. The summed E-state index contributed by atoms with van der Waals surface area (Å²) in [5.41, 5.74) is 4.54. The largest absolute Gasteiger partial charge is 0.497 e. The average molecular weight is 508 g/mol. The van der Waals surface area contributed by atoms with Crippen molar-refractivity contribution in [3.05, 3.63) is 113 Å². The number of rotatable bonds is 10. The molecule has 38 heavy (non-hydrogen) atoms. The van der Waals surface area contributed by atoms with Gasteiger partial charge in [-0.15, -0.1) is 0 Å². The molecule has 4 aromatic carbocycles. The molecule has 7 heteroatoms. The summed E-state index contributed by atoms with van der Waals surface area (Å²) in [6.45, 7) is 2.66. The van der Waals surface area contributed by atoms with Crippen LogP contribution < -0.4 is 20.2 Å². The number of hydrogen-bond donors (Lipinski definition) is 2. The van der Waals surface area contributed by atoms with Crippen LogP contribution in [0.3, 0.4) is 0 Å². The highest BCUT2D eigenvalue weighted by molar-refractivity contribution is 6.05. The molecule has 0 saturated carbocycles. The topological polar surface area (TPSA) is 89.0 Å². The first-order chi connectivity index (χ1) is 18.6. The zero-order valence-corrected chi connectivity index (χ0v) is 21.3. The van der Waals surface area contributed by atoms with Crippen LogP contribution in [0.4, 0.5) is 0 Å². The van der Waals surface area contributed by atoms with E-state index in [1.165, 1.54) is 0 Å². The van der Waals surface area contributed by atoms with E-state index in [9.17, 15) is 9.59 Å². The highest BCUT2D eigenvalue weighted by Crippen LogP contribution is 2.21. The summed E-state index contributed by atoms with van der Waals surface area (Å²) in [6.07, 6.45) is 4.06. The lowest BCUT2D eigenvalue weighted by Gasteiger charge is -2.10. The van der Waals surface area contributed by atoms with E-state index >= 15 is 0 Å². The number of hydrazone groups is 1. The number of nitrogens with zero attached hydrogens (tertiary/aromatic N) is 1. The molecular formula is C31H29N3O4. The van der Waals surface area contributed by atoms with Crippen molar-refractivity contribution in [1.29, 1.82) is 0 Å². The van der Waals surface area contributed by atoms with Crippen molar-refractivity contribution in [2.75, 3.05) is 13.7 Å². The standard InChI is InChI=1S/C31H29N3O4/c1-3-17-38-27-14-10-22(11-15-27)19-29(33-30(35)24-7-5-4-6-8-24)31(36)34-32-21-23-9-12-26-20-28(37-2)16-13-25(26)18-23/h4-16,18-21H,3,17H2,1-2H3,(H,33,35)(H,34,36)/b29-19+,32-21?. The van der Waals surface area contributed by atoms with Gasteiger partial charge in [-0.2, -0.15) is 5.10 Å². The molecule has 0 aliphatic heterocycles. The van der Waals surface area contributed by atoms with E-state index in [4.69, 9.17) is 9.47 Å². The Morgan fingerprint density at radius 2 is 1.53 bits per heavy atom. The first-order valence-corrected chi connectivity index (χ1v) is 12.3. The minimum atomic E-state index is -0.553. The van der Waals surface area contributed by atoms with Crippen LogP contribution in [-0.2, 0) is 4.79 Å². The lowest BCUT2D eigenvalue weighted by atomic mass is 10.1. The molecule has 192 valence electrons. The van der Waals surface area contributed by atoms with Gasteiger partial charge in [0.15, 0.2) is 0 Å². The summed E-state index contributed by atoms with van der Waals surface area (Å²) in [4.78, 5) is 25.8. The van der Waals surface area contributed by atoms with Crippen LogP contribution in [0.15, 0.2) is 102 Å². The van der Waals surface area contributed by atoms with Crippen molar-refractivity contribution in [2.24, 2.45) is 5.10 Å². The molecule has 0 aliphatic carbocycles. The van der Waals surface area contributed by atoms with E-state index in [0.29, 0.717) is 12.2 Å². The molecular weight excluding hydrogens is 478 g/mol. The van der Waals surface area contributed by atoms with Crippen molar-refractivity contribution < 1.29 is 19.1 Å². The van der Waals surface area contributed by atoms with Gasteiger partial charge in [-0.1, -0.05) is 55.5 Å². The van der Waals surface area contributed by atoms with Gasteiger partial charge in [-0.3, -0.25) is 9.59 Å². The third kappa shape index (κ3) is 7.07. The normalized spacial score (nSPS) is 11.4. The fraction of sp³-hybridized carbons (Fsp3) is 0.129. The lowest BCUT2D eigenvalue weighted by molar-refractivity contribution is -0.117. The maximum Gasteiger partial charge on any atom is 0.287 e. The van der Waals surface area contributed by atoms with Crippen LogP contribution in [0.2, 0.25) is 0 Å². The van der Waals surface area contributed by atoms with Crippen molar-refractivity contribution in [3.8, 4) is 11.5 Å². The molecule has 0 saturated heterocycles. The second kappa shape index (κ2) is 12.9. The molecule has 0 unspecified atom stereocenters. The van der Waals surface area contributed by atoms with Gasteiger partial charge in [-0.05, 0) is 76.9 Å². The molecule has 4 rings (SSSR count). The van der Waals surface area contributed by atoms with Crippen LogP contribution in [0, 0.1) is 0 Å². The van der Waals surface area contributed by atoms with Crippen LogP contribution in [-0.4, -0.2) is 31.7 Å². The number of methoxy groups -OCH3 is 1. The molecule has 0 heterocycles. The van der Waals surface area contributed by atoms with Crippen molar-refractivity contribution in [3.63, 3.8) is 0 Å². The SMILES string of the molecule is CCCOc1ccc(/C=C(/NC(=O)c2ccccc2)C(=O)NN=Cc2ccc3cc(OC)ccc3c2)cc1. The van der Waals surface area contributed by atoms with Gasteiger partial charge < -0.3 is 14.8 Å². The fourth-order valence-electron chi connectivity index (χ4n) is 3.66. The van der Waals surface area contributed by atoms with Crippen molar-refractivity contribution in [1.82, 2.24) is 10.7 Å². The molecule has 0 bridgehead atoms. The zero-order chi connectivity index (χ0) is 26.7. The van der Waals surface area contributed by atoms with Crippen LogP contribution in [0.25, 0.3) is 16.8 Å². The van der Waals surface area contributed by atoms with Gasteiger partial charge in [0.2, 0.25) is 0 Å². The van der Waals surface area contributed by atoms with Crippen molar-refractivity contribution in [2.45, 2.75) is 13.3 Å². The third-order valence-corrected chi connectivity index (χ3v) is 5.64. The molecule has 2 amide bonds. The molecule has 0 aliphatic rings. The molecule has 4 aromatic rings. The Hall–Kier alpha value is -4.91. The summed E-state index contributed by atoms with van der Waals surface area (Å²) >= 11 is 0. The molecule has 0 atom stereocenters. The average Bonchev–Trinajstić information content (AvgIpc) is 2.96. The predicted octanol–water partition coefficient (Wildman–Crippen LogP) is 5.56.